The highest BCUT2D eigenvalue weighted by molar-refractivity contribution is 14.0. The second-order valence-electron chi connectivity index (χ2n) is 7.17. The molecule has 30 heavy (non-hydrogen) atoms. The van der Waals surface area contributed by atoms with Gasteiger partial charge in [-0.2, -0.15) is 0 Å². The van der Waals surface area contributed by atoms with Gasteiger partial charge in [0.15, 0.2) is 5.96 Å². The number of aliphatic hydroxyl groups excluding tert-OH is 1. The highest BCUT2D eigenvalue weighted by Gasteiger charge is 2.25. The van der Waals surface area contributed by atoms with E-state index in [0.717, 1.165) is 36.7 Å². The van der Waals surface area contributed by atoms with E-state index in [9.17, 15) is 5.11 Å². The standard InChI is InChI=1S/C22H32N4O3.HI/c1-3-23-22(25-16-20(27)17-8-6-9-18(14-17)28-2)24-15-19(21-10-7-13-29-21)26-11-4-5-12-26;/h6-10,13-14,19-20,27H,3-5,11-12,15-16H2,1-2H3,(H2,23,24,25);1H. The minimum atomic E-state index is -0.659. The molecule has 3 N–H and O–H groups in total. The van der Waals surface area contributed by atoms with Gasteiger partial charge in [-0.25, -0.2) is 0 Å². The van der Waals surface area contributed by atoms with Crippen molar-refractivity contribution >= 4 is 29.9 Å². The fourth-order valence-corrected chi connectivity index (χ4v) is 3.60. The number of aliphatic imine (C=N–C) groups is 1. The summed E-state index contributed by atoms with van der Waals surface area (Å²) in [6.07, 6.45) is 3.49. The molecule has 166 valence electrons. The average Bonchev–Trinajstić information content (AvgIpc) is 3.47. The minimum Gasteiger partial charge on any atom is -0.497 e. The van der Waals surface area contributed by atoms with Crippen LogP contribution in [0.2, 0.25) is 0 Å². The summed E-state index contributed by atoms with van der Waals surface area (Å²) in [6.45, 7) is 5.86. The molecule has 2 aromatic rings. The number of benzene rings is 1. The smallest absolute Gasteiger partial charge is 0.191 e. The van der Waals surface area contributed by atoms with Crippen LogP contribution in [0, 0.1) is 0 Å². The Morgan fingerprint density at radius 2 is 2.03 bits per heavy atom. The topological polar surface area (TPSA) is 82.3 Å². The highest BCUT2D eigenvalue weighted by Crippen LogP contribution is 2.25. The Hall–Kier alpha value is -1.78. The van der Waals surface area contributed by atoms with Gasteiger partial charge in [0.2, 0.25) is 0 Å². The molecule has 0 bridgehead atoms. The van der Waals surface area contributed by atoms with Gasteiger partial charge in [0.25, 0.3) is 0 Å². The van der Waals surface area contributed by atoms with Gasteiger partial charge in [-0.15, -0.1) is 24.0 Å². The Morgan fingerprint density at radius 3 is 2.70 bits per heavy atom. The van der Waals surface area contributed by atoms with E-state index in [1.54, 1.807) is 13.4 Å². The predicted octanol–water partition coefficient (Wildman–Crippen LogP) is 3.33. The predicted molar refractivity (Wildman–Crippen MR) is 130 cm³/mol. The van der Waals surface area contributed by atoms with Gasteiger partial charge in [0, 0.05) is 13.1 Å². The molecule has 0 amide bonds. The molecule has 7 nitrogen and oxygen atoms in total. The van der Waals surface area contributed by atoms with E-state index in [-0.39, 0.29) is 30.0 Å². The lowest BCUT2D eigenvalue weighted by Crippen LogP contribution is -2.40. The molecule has 8 heteroatoms. The number of likely N-dealkylation sites (tertiary alicyclic amines) is 1. The van der Waals surface area contributed by atoms with Crippen molar-refractivity contribution in [1.29, 1.82) is 0 Å². The van der Waals surface area contributed by atoms with E-state index >= 15 is 0 Å². The lowest BCUT2D eigenvalue weighted by molar-refractivity contribution is 0.180. The summed E-state index contributed by atoms with van der Waals surface area (Å²) in [5, 5.41) is 17.0. The number of aliphatic hydroxyl groups is 1. The summed E-state index contributed by atoms with van der Waals surface area (Å²) in [7, 11) is 1.62. The fourth-order valence-electron chi connectivity index (χ4n) is 3.60. The van der Waals surface area contributed by atoms with Gasteiger partial charge in [-0.1, -0.05) is 12.1 Å². The number of methoxy groups -OCH3 is 1. The molecule has 0 saturated carbocycles. The first-order valence-electron chi connectivity index (χ1n) is 10.3. The molecule has 2 atom stereocenters. The van der Waals surface area contributed by atoms with Crippen LogP contribution in [-0.4, -0.2) is 55.8 Å². The number of nitrogens with zero attached hydrogens (tertiary/aromatic N) is 2. The Balaban J connectivity index is 0.00000320. The Labute approximate surface area is 195 Å². The number of halogens is 1. The maximum atomic E-state index is 10.5. The van der Waals surface area contributed by atoms with Crippen LogP contribution in [0.15, 0.2) is 52.1 Å². The first-order chi connectivity index (χ1) is 14.2. The summed E-state index contributed by atoms with van der Waals surface area (Å²) >= 11 is 0. The van der Waals surface area contributed by atoms with Crippen LogP contribution in [0.1, 0.15) is 43.2 Å². The molecule has 1 aliphatic heterocycles. The minimum absolute atomic E-state index is 0. The molecule has 2 heterocycles. The van der Waals surface area contributed by atoms with Crippen molar-refractivity contribution in [3.63, 3.8) is 0 Å². The lowest BCUT2D eigenvalue weighted by atomic mass is 10.1. The van der Waals surface area contributed by atoms with Gasteiger partial charge in [0.1, 0.15) is 11.5 Å². The molecular formula is C22H33IN4O3. The second-order valence-corrected chi connectivity index (χ2v) is 7.17. The molecule has 1 aromatic heterocycles. The van der Waals surface area contributed by atoms with E-state index in [2.05, 4.69) is 15.5 Å². The van der Waals surface area contributed by atoms with Crippen molar-refractivity contribution < 1.29 is 14.3 Å². The third kappa shape index (κ3) is 6.88. The largest absolute Gasteiger partial charge is 0.497 e. The van der Waals surface area contributed by atoms with E-state index in [0.29, 0.717) is 19.0 Å². The zero-order valence-corrected chi connectivity index (χ0v) is 20.0. The Kier molecular flexibility index (Phi) is 10.5. The SMILES string of the molecule is CCNC(=NCC(c1ccco1)N1CCCC1)NCC(O)c1cccc(OC)c1.I. The molecule has 3 rings (SSSR count). The molecule has 0 radical (unpaired) electrons. The van der Waals surface area contributed by atoms with Crippen LogP contribution < -0.4 is 15.4 Å². The molecule has 0 aliphatic carbocycles. The molecule has 1 aliphatic rings. The molecule has 1 aromatic carbocycles. The molecule has 2 unspecified atom stereocenters. The van der Waals surface area contributed by atoms with E-state index < -0.39 is 6.10 Å². The van der Waals surface area contributed by atoms with Crippen LogP contribution in [0.5, 0.6) is 5.75 Å². The number of ether oxygens (including phenoxy) is 1. The highest BCUT2D eigenvalue weighted by atomic mass is 127. The van der Waals surface area contributed by atoms with Gasteiger partial charge in [0.05, 0.1) is 32.1 Å². The van der Waals surface area contributed by atoms with Crippen molar-refractivity contribution in [1.82, 2.24) is 15.5 Å². The maximum absolute atomic E-state index is 10.5. The quantitative estimate of drug-likeness (QED) is 0.263. The van der Waals surface area contributed by atoms with E-state index in [4.69, 9.17) is 14.1 Å². The van der Waals surface area contributed by atoms with Crippen LogP contribution in [0.4, 0.5) is 0 Å². The summed E-state index contributed by atoms with van der Waals surface area (Å²) in [5.74, 6) is 2.36. The van der Waals surface area contributed by atoms with Crippen molar-refractivity contribution in [3.8, 4) is 5.75 Å². The molecule has 1 fully saturated rings. The van der Waals surface area contributed by atoms with Gasteiger partial charge in [-0.3, -0.25) is 9.89 Å². The zero-order valence-electron chi connectivity index (χ0n) is 17.7. The number of hydrogen-bond donors (Lipinski definition) is 3. The number of hydrogen-bond acceptors (Lipinski definition) is 5. The van der Waals surface area contributed by atoms with Gasteiger partial charge >= 0.3 is 0 Å². The summed E-state index contributed by atoms with van der Waals surface area (Å²) in [4.78, 5) is 7.20. The Morgan fingerprint density at radius 1 is 1.23 bits per heavy atom. The number of furan rings is 1. The van der Waals surface area contributed by atoms with Crippen molar-refractivity contribution in [2.45, 2.75) is 31.9 Å². The van der Waals surface area contributed by atoms with Crippen LogP contribution in [0.25, 0.3) is 0 Å². The second kappa shape index (κ2) is 12.8. The number of nitrogens with one attached hydrogen (secondary N) is 2. The average molecular weight is 528 g/mol. The monoisotopic (exact) mass is 528 g/mol. The third-order valence-electron chi connectivity index (χ3n) is 5.16. The normalized spacial score (nSPS) is 16.6. The zero-order chi connectivity index (χ0) is 20.5. The van der Waals surface area contributed by atoms with Crippen LogP contribution in [0.3, 0.4) is 0 Å². The fraction of sp³-hybridized carbons (Fsp3) is 0.500. The Bertz CT molecular complexity index is 764. The van der Waals surface area contributed by atoms with Gasteiger partial charge < -0.3 is 24.9 Å². The third-order valence-corrected chi connectivity index (χ3v) is 5.16. The molecule has 0 spiro atoms. The van der Waals surface area contributed by atoms with Crippen molar-refractivity contribution in [2.75, 3.05) is 39.8 Å². The first-order valence-corrected chi connectivity index (χ1v) is 10.3. The summed E-state index contributed by atoms with van der Waals surface area (Å²) in [5.41, 5.74) is 0.804. The maximum Gasteiger partial charge on any atom is 0.191 e. The van der Waals surface area contributed by atoms with Crippen molar-refractivity contribution in [2.24, 2.45) is 4.99 Å². The van der Waals surface area contributed by atoms with Crippen molar-refractivity contribution in [3.05, 3.63) is 54.0 Å². The summed E-state index contributed by atoms with van der Waals surface area (Å²) < 4.78 is 10.9. The summed E-state index contributed by atoms with van der Waals surface area (Å²) in [6, 6.07) is 11.5. The van der Waals surface area contributed by atoms with Crippen LogP contribution in [-0.2, 0) is 0 Å². The van der Waals surface area contributed by atoms with E-state index in [1.165, 1.54) is 12.8 Å². The number of rotatable bonds is 9. The van der Waals surface area contributed by atoms with Crippen LogP contribution >= 0.6 is 24.0 Å². The molecule has 1 saturated heterocycles. The van der Waals surface area contributed by atoms with Gasteiger partial charge in [-0.05, 0) is 62.7 Å². The lowest BCUT2D eigenvalue weighted by Gasteiger charge is -2.25. The molecular weight excluding hydrogens is 495 g/mol. The number of guanidine groups is 1. The van der Waals surface area contributed by atoms with E-state index in [1.807, 2.05) is 43.3 Å². The first kappa shape index (κ1) is 24.5.